The number of carbonyl (C=O) groups is 2. The largest absolute Gasteiger partial charge is 0.494 e. The third-order valence-corrected chi connectivity index (χ3v) is 2.91. The van der Waals surface area contributed by atoms with Gasteiger partial charge in [-0.1, -0.05) is 13.0 Å². The van der Waals surface area contributed by atoms with Gasteiger partial charge in [0.1, 0.15) is 0 Å². The zero-order chi connectivity index (χ0) is 16.0. The van der Waals surface area contributed by atoms with E-state index < -0.39 is 29.7 Å². The van der Waals surface area contributed by atoms with Gasteiger partial charge in [0, 0.05) is 7.11 Å². The van der Waals surface area contributed by atoms with Crippen molar-refractivity contribution >= 4 is 11.9 Å². The van der Waals surface area contributed by atoms with Crippen LogP contribution in [0.3, 0.4) is 0 Å². The highest BCUT2D eigenvalue weighted by Crippen LogP contribution is 2.22. The minimum Gasteiger partial charge on any atom is -0.494 e. The van der Waals surface area contributed by atoms with Crippen LogP contribution >= 0.6 is 0 Å². The van der Waals surface area contributed by atoms with Crippen LogP contribution in [-0.4, -0.2) is 37.8 Å². The number of carboxylic acid groups (broad SMARTS) is 1. The van der Waals surface area contributed by atoms with Gasteiger partial charge in [0.05, 0.1) is 19.6 Å². The molecule has 2 N–H and O–H groups in total. The van der Waals surface area contributed by atoms with E-state index in [1.165, 1.54) is 26.4 Å². The second-order valence-electron chi connectivity index (χ2n) is 4.53. The number of carbonyl (C=O) groups excluding carboxylic acids is 1. The second kappa shape index (κ2) is 7.58. The van der Waals surface area contributed by atoms with E-state index in [4.69, 9.17) is 9.47 Å². The average molecular weight is 299 g/mol. The molecule has 2 atom stereocenters. The summed E-state index contributed by atoms with van der Waals surface area (Å²) in [6, 6.07) is 2.39. The molecule has 0 heterocycles. The molecule has 0 fully saturated rings. The van der Waals surface area contributed by atoms with Crippen molar-refractivity contribution in [1.29, 1.82) is 0 Å². The highest BCUT2D eigenvalue weighted by molar-refractivity contribution is 5.85. The van der Waals surface area contributed by atoms with Gasteiger partial charge in [-0.05, 0) is 17.7 Å². The lowest BCUT2D eigenvalue weighted by atomic mass is 10.0. The molecule has 0 spiro atoms. The number of nitrogens with one attached hydrogen (secondary N) is 1. The summed E-state index contributed by atoms with van der Waals surface area (Å²) in [5, 5.41) is 11.6. The van der Waals surface area contributed by atoms with Gasteiger partial charge in [0.25, 0.3) is 0 Å². The molecule has 1 amide bonds. The number of benzene rings is 1. The van der Waals surface area contributed by atoms with Gasteiger partial charge in [-0.2, -0.15) is 0 Å². The van der Waals surface area contributed by atoms with Crippen molar-refractivity contribution in [3.63, 3.8) is 0 Å². The number of rotatable bonds is 7. The molecule has 2 unspecified atom stereocenters. The fraction of sp³-hybridized carbons (Fsp3) is 0.429. The summed E-state index contributed by atoms with van der Waals surface area (Å²) in [6.07, 6.45) is 0. The SMILES string of the molecule is COCC(C)C(=O)NC(C(=O)O)c1ccc(OC)c(F)c1. The molecule has 1 aromatic carbocycles. The predicted molar refractivity (Wildman–Crippen MR) is 72.5 cm³/mol. The first kappa shape index (κ1) is 16.9. The first-order valence-electron chi connectivity index (χ1n) is 6.26. The van der Waals surface area contributed by atoms with Crippen LogP contribution in [0.25, 0.3) is 0 Å². The first-order valence-corrected chi connectivity index (χ1v) is 6.26. The van der Waals surface area contributed by atoms with Crippen molar-refractivity contribution in [1.82, 2.24) is 5.32 Å². The van der Waals surface area contributed by atoms with Crippen molar-refractivity contribution in [3.05, 3.63) is 29.6 Å². The van der Waals surface area contributed by atoms with Crippen LogP contribution in [0.2, 0.25) is 0 Å². The standard InChI is InChI=1S/C14H18FNO5/c1-8(7-20-2)13(17)16-12(14(18)19)9-4-5-11(21-3)10(15)6-9/h4-6,8,12H,7H2,1-3H3,(H,16,17)(H,18,19). The Labute approximate surface area is 121 Å². The van der Waals surface area contributed by atoms with Crippen LogP contribution in [0.5, 0.6) is 5.75 Å². The average Bonchev–Trinajstić information content (AvgIpc) is 2.44. The van der Waals surface area contributed by atoms with Gasteiger partial charge in [0.2, 0.25) is 5.91 Å². The number of ether oxygens (including phenoxy) is 2. The summed E-state index contributed by atoms with van der Waals surface area (Å²) in [7, 11) is 2.75. The van der Waals surface area contributed by atoms with Crippen molar-refractivity contribution in [2.75, 3.05) is 20.8 Å². The molecule has 6 nitrogen and oxygen atoms in total. The Bertz CT molecular complexity index is 520. The number of hydrogen-bond donors (Lipinski definition) is 2. The minimum absolute atomic E-state index is 0.00182. The molecule has 116 valence electrons. The van der Waals surface area contributed by atoms with Crippen LogP contribution in [-0.2, 0) is 14.3 Å². The van der Waals surface area contributed by atoms with E-state index in [-0.39, 0.29) is 17.9 Å². The summed E-state index contributed by atoms with van der Waals surface area (Å²) < 4.78 is 23.2. The van der Waals surface area contributed by atoms with Crippen LogP contribution < -0.4 is 10.1 Å². The van der Waals surface area contributed by atoms with Crippen molar-refractivity contribution in [3.8, 4) is 5.75 Å². The van der Waals surface area contributed by atoms with Gasteiger partial charge < -0.3 is 19.9 Å². The van der Waals surface area contributed by atoms with E-state index in [0.717, 1.165) is 6.07 Å². The summed E-state index contributed by atoms with van der Waals surface area (Å²) in [5.41, 5.74) is 0.124. The highest BCUT2D eigenvalue weighted by Gasteiger charge is 2.25. The summed E-state index contributed by atoms with van der Waals surface area (Å²) >= 11 is 0. The third-order valence-electron chi connectivity index (χ3n) is 2.91. The molecule has 1 rings (SSSR count). The van der Waals surface area contributed by atoms with Crippen LogP contribution in [0.1, 0.15) is 18.5 Å². The molecule has 0 aromatic heterocycles. The number of carboxylic acids is 1. The fourth-order valence-electron chi connectivity index (χ4n) is 1.76. The highest BCUT2D eigenvalue weighted by atomic mass is 19.1. The molecule has 0 bridgehead atoms. The molecule has 0 aliphatic heterocycles. The molecule has 21 heavy (non-hydrogen) atoms. The molecule has 1 aromatic rings. The monoisotopic (exact) mass is 299 g/mol. The van der Waals surface area contributed by atoms with Gasteiger partial charge in [-0.25, -0.2) is 9.18 Å². The summed E-state index contributed by atoms with van der Waals surface area (Å²) in [4.78, 5) is 23.1. The maximum Gasteiger partial charge on any atom is 0.330 e. The Balaban J connectivity index is 2.95. The quantitative estimate of drug-likeness (QED) is 0.794. The molecule has 0 saturated carbocycles. The lowest BCUT2D eigenvalue weighted by Crippen LogP contribution is -2.38. The maximum absolute atomic E-state index is 13.6. The summed E-state index contributed by atoms with van der Waals surface area (Å²) in [5.74, 6) is -2.97. The van der Waals surface area contributed by atoms with Crippen LogP contribution in [0.4, 0.5) is 4.39 Å². The number of amides is 1. The van der Waals surface area contributed by atoms with Gasteiger partial charge >= 0.3 is 5.97 Å². The van der Waals surface area contributed by atoms with Gasteiger partial charge in [-0.3, -0.25) is 4.79 Å². The van der Waals surface area contributed by atoms with Gasteiger partial charge in [-0.15, -0.1) is 0 Å². The normalized spacial score (nSPS) is 13.3. The molecule has 0 saturated heterocycles. The lowest BCUT2D eigenvalue weighted by molar-refractivity contribution is -0.142. The smallest absolute Gasteiger partial charge is 0.330 e. The van der Waals surface area contributed by atoms with Crippen LogP contribution in [0, 0.1) is 11.7 Å². The fourth-order valence-corrected chi connectivity index (χ4v) is 1.76. The zero-order valence-electron chi connectivity index (χ0n) is 12.1. The topological polar surface area (TPSA) is 84.9 Å². The molecule has 7 heteroatoms. The van der Waals surface area contributed by atoms with Gasteiger partial charge in [0.15, 0.2) is 17.6 Å². The zero-order valence-corrected chi connectivity index (χ0v) is 12.1. The van der Waals surface area contributed by atoms with E-state index in [0.29, 0.717) is 0 Å². The Kier molecular flexibility index (Phi) is 6.10. The molecule has 0 aliphatic carbocycles. The predicted octanol–water partition coefficient (Wildman–Crippen LogP) is 1.36. The second-order valence-corrected chi connectivity index (χ2v) is 4.53. The van der Waals surface area contributed by atoms with E-state index in [9.17, 15) is 19.1 Å². The van der Waals surface area contributed by atoms with Crippen molar-refractivity contribution in [2.24, 2.45) is 5.92 Å². The molecule has 0 aliphatic rings. The van der Waals surface area contributed by atoms with E-state index in [2.05, 4.69) is 5.32 Å². The molecule has 0 radical (unpaired) electrons. The van der Waals surface area contributed by atoms with E-state index in [1.54, 1.807) is 6.92 Å². The number of methoxy groups -OCH3 is 2. The van der Waals surface area contributed by atoms with Crippen molar-refractivity contribution < 1.29 is 28.6 Å². The Morgan fingerprint density at radius 3 is 2.52 bits per heavy atom. The van der Waals surface area contributed by atoms with E-state index >= 15 is 0 Å². The summed E-state index contributed by atoms with van der Waals surface area (Å²) in [6.45, 7) is 1.77. The molecular formula is C14H18FNO5. The maximum atomic E-state index is 13.6. The lowest BCUT2D eigenvalue weighted by Gasteiger charge is -2.18. The Hall–Kier alpha value is -2.15. The number of aliphatic carboxylic acids is 1. The van der Waals surface area contributed by atoms with Crippen molar-refractivity contribution in [2.45, 2.75) is 13.0 Å². The molecular weight excluding hydrogens is 281 g/mol. The minimum atomic E-state index is -1.34. The Morgan fingerprint density at radius 2 is 2.05 bits per heavy atom. The third kappa shape index (κ3) is 4.42. The Morgan fingerprint density at radius 1 is 1.38 bits per heavy atom. The number of halogens is 1. The van der Waals surface area contributed by atoms with Crippen LogP contribution in [0.15, 0.2) is 18.2 Å². The number of hydrogen-bond acceptors (Lipinski definition) is 4. The first-order chi connectivity index (χ1) is 9.90. The van der Waals surface area contributed by atoms with E-state index in [1.807, 2.05) is 0 Å².